The molecule has 0 saturated carbocycles. The first-order chi connectivity index (χ1) is 11.5. The van der Waals surface area contributed by atoms with Gasteiger partial charge in [0.1, 0.15) is 6.10 Å². The number of anilines is 1. The van der Waals surface area contributed by atoms with Gasteiger partial charge in [0.15, 0.2) is 0 Å². The fourth-order valence-corrected chi connectivity index (χ4v) is 3.30. The molecule has 2 fully saturated rings. The van der Waals surface area contributed by atoms with E-state index in [0.29, 0.717) is 43.5 Å². The van der Waals surface area contributed by atoms with Crippen LogP contribution in [0, 0.1) is 6.92 Å². The minimum atomic E-state index is -0.295. The van der Waals surface area contributed by atoms with Crippen molar-refractivity contribution in [1.29, 1.82) is 0 Å². The highest BCUT2D eigenvalue weighted by Crippen LogP contribution is 2.23. The van der Waals surface area contributed by atoms with Gasteiger partial charge in [-0.15, -0.1) is 0 Å². The Morgan fingerprint density at radius 1 is 1.21 bits per heavy atom. The van der Waals surface area contributed by atoms with E-state index in [1.54, 1.807) is 15.9 Å². The Bertz CT molecular complexity index is 624. The highest BCUT2D eigenvalue weighted by atomic mass is 35.5. The first-order valence-corrected chi connectivity index (χ1v) is 8.65. The Balaban J connectivity index is 1.52. The van der Waals surface area contributed by atoms with Crippen molar-refractivity contribution in [3.05, 3.63) is 28.8 Å². The van der Waals surface area contributed by atoms with E-state index in [9.17, 15) is 9.59 Å². The van der Waals surface area contributed by atoms with Crippen LogP contribution in [0.5, 0.6) is 0 Å². The molecule has 0 aliphatic carbocycles. The van der Waals surface area contributed by atoms with Crippen molar-refractivity contribution in [1.82, 2.24) is 9.80 Å². The van der Waals surface area contributed by atoms with Crippen LogP contribution in [0.4, 0.5) is 10.5 Å². The number of aryl methyl sites for hydroxylation is 1. The molecule has 3 amide bonds. The van der Waals surface area contributed by atoms with Gasteiger partial charge in [-0.05, 0) is 37.5 Å². The first-order valence-electron chi connectivity index (χ1n) is 8.27. The Kier molecular flexibility index (Phi) is 5.26. The fourth-order valence-electron chi connectivity index (χ4n) is 3.02. The van der Waals surface area contributed by atoms with E-state index >= 15 is 0 Å². The summed E-state index contributed by atoms with van der Waals surface area (Å²) in [5.74, 6) is 0.0501. The van der Waals surface area contributed by atoms with Gasteiger partial charge >= 0.3 is 6.03 Å². The van der Waals surface area contributed by atoms with E-state index in [0.717, 1.165) is 18.4 Å². The largest absolute Gasteiger partial charge is 0.368 e. The van der Waals surface area contributed by atoms with Gasteiger partial charge in [-0.2, -0.15) is 0 Å². The third-order valence-corrected chi connectivity index (χ3v) is 4.76. The number of piperazine rings is 1. The molecule has 2 saturated heterocycles. The van der Waals surface area contributed by atoms with Crippen LogP contribution in [0.2, 0.25) is 5.02 Å². The number of nitrogens with one attached hydrogen (secondary N) is 1. The molecule has 1 N–H and O–H groups in total. The average Bonchev–Trinajstić information content (AvgIpc) is 3.11. The second-order valence-electron chi connectivity index (χ2n) is 6.23. The summed E-state index contributed by atoms with van der Waals surface area (Å²) in [6.45, 7) is 4.70. The van der Waals surface area contributed by atoms with Crippen molar-refractivity contribution in [3.63, 3.8) is 0 Å². The van der Waals surface area contributed by atoms with Gasteiger partial charge in [-0.1, -0.05) is 17.7 Å². The highest BCUT2D eigenvalue weighted by molar-refractivity contribution is 6.33. The van der Waals surface area contributed by atoms with Crippen molar-refractivity contribution >= 4 is 29.2 Å². The minimum absolute atomic E-state index is 0.0501. The number of carbonyl (C=O) groups is 2. The zero-order valence-corrected chi connectivity index (χ0v) is 14.5. The molecule has 1 aromatic carbocycles. The quantitative estimate of drug-likeness (QED) is 0.890. The number of halogens is 1. The summed E-state index contributed by atoms with van der Waals surface area (Å²) in [6.07, 6.45) is 1.44. The summed E-state index contributed by atoms with van der Waals surface area (Å²) in [5, 5.41) is 3.36. The number of hydrogen-bond acceptors (Lipinski definition) is 3. The summed E-state index contributed by atoms with van der Waals surface area (Å²) in [7, 11) is 0. The molecule has 3 rings (SSSR count). The van der Waals surface area contributed by atoms with Crippen molar-refractivity contribution in [2.45, 2.75) is 25.9 Å². The number of hydrogen-bond donors (Lipinski definition) is 1. The van der Waals surface area contributed by atoms with Crippen LogP contribution in [-0.4, -0.2) is 60.6 Å². The maximum absolute atomic E-state index is 12.4. The number of ether oxygens (including phenoxy) is 1. The van der Waals surface area contributed by atoms with Crippen molar-refractivity contribution in [2.24, 2.45) is 0 Å². The van der Waals surface area contributed by atoms with Crippen LogP contribution in [-0.2, 0) is 9.53 Å². The van der Waals surface area contributed by atoms with E-state index in [1.807, 2.05) is 19.1 Å². The van der Waals surface area contributed by atoms with Crippen LogP contribution in [0.3, 0.4) is 0 Å². The monoisotopic (exact) mass is 351 g/mol. The molecule has 1 atom stereocenters. The molecule has 0 bridgehead atoms. The van der Waals surface area contributed by atoms with Crippen molar-refractivity contribution < 1.29 is 14.3 Å². The molecule has 0 spiro atoms. The number of amides is 3. The Morgan fingerprint density at radius 3 is 2.54 bits per heavy atom. The molecule has 2 aliphatic rings. The zero-order chi connectivity index (χ0) is 17.1. The molecular weight excluding hydrogens is 330 g/mol. The van der Waals surface area contributed by atoms with E-state index in [2.05, 4.69) is 5.32 Å². The lowest BCUT2D eigenvalue weighted by atomic mass is 10.2. The Hall–Kier alpha value is -1.79. The second-order valence-corrected chi connectivity index (χ2v) is 6.63. The number of carbonyl (C=O) groups excluding carboxylic acids is 2. The molecule has 1 aromatic rings. The fraction of sp³-hybridized carbons (Fsp3) is 0.529. The summed E-state index contributed by atoms with van der Waals surface area (Å²) in [4.78, 5) is 28.2. The molecule has 2 aliphatic heterocycles. The number of nitrogens with zero attached hydrogens (tertiary/aromatic N) is 2. The Labute approximate surface area is 146 Å². The maximum Gasteiger partial charge on any atom is 0.322 e. The topological polar surface area (TPSA) is 61.9 Å². The standard InChI is InChI=1S/C17H22ClN3O3/c1-12-4-5-14(13(18)11-12)19-17(23)21-8-6-20(7-9-21)16(22)15-3-2-10-24-15/h4-5,11,15H,2-3,6-10H2,1H3,(H,19,23). The lowest BCUT2D eigenvalue weighted by Gasteiger charge is -2.35. The third-order valence-electron chi connectivity index (χ3n) is 4.45. The lowest BCUT2D eigenvalue weighted by Crippen LogP contribution is -2.53. The number of urea groups is 1. The van der Waals surface area contributed by atoms with Crippen LogP contribution in [0.15, 0.2) is 18.2 Å². The van der Waals surface area contributed by atoms with E-state index in [1.165, 1.54) is 0 Å². The first kappa shape index (κ1) is 17.0. The van der Waals surface area contributed by atoms with Gasteiger partial charge in [0.05, 0.1) is 10.7 Å². The summed E-state index contributed by atoms with van der Waals surface area (Å²) < 4.78 is 5.45. The smallest absolute Gasteiger partial charge is 0.322 e. The predicted octanol–water partition coefficient (Wildman–Crippen LogP) is 2.50. The van der Waals surface area contributed by atoms with Crippen LogP contribution in [0.1, 0.15) is 18.4 Å². The molecule has 24 heavy (non-hydrogen) atoms. The van der Waals surface area contributed by atoms with E-state index in [4.69, 9.17) is 16.3 Å². The second kappa shape index (κ2) is 7.40. The van der Waals surface area contributed by atoms with Gasteiger partial charge in [-0.25, -0.2) is 4.79 Å². The van der Waals surface area contributed by atoms with E-state index in [-0.39, 0.29) is 18.0 Å². The van der Waals surface area contributed by atoms with Crippen LogP contribution in [0.25, 0.3) is 0 Å². The van der Waals surface area contributed by atoms with Gasteiger partial charge in [0.25, 0.3) is 5.91 Å². The lowest BCUT2D eigenvalue weighted by molar-refractivity contribution is -0.142. The Morgan fingerprint density at radius 2 is 1.92 bits per heavy atom. The highest BCUT2D eigenvalue weighted by Gasteiger charge is 2.31. The van der Waals surface area contributed by atoms with Gasteiger partial charge in [0, 0.05) is 32.8 Å². The van der Waals surface area contributed by atoms with Crippen molar-refractivity contribution in [2.75, 3.05) is 38.1 Å². The predicted molar refractivity (Wildman–Crippen MR) is 92.3 cm³/mol. The van der Waals surface area contributed by atoms with Gasteiger partial charge in [-0.3, -0.25) is 4.79 Å². The summed E-state index contributed by atoms with van der Waals surface area (Å²) in [6, 6.07) is 5.33. The minimum Gasteiger partial charge on any atom is -0.368 e. The molecule has 0 aromatic heterocycles. The normalized spacial score (nSPS) is 21.0. The maximum atomic E-state index is 12.4. The molecule has 6 nitrogen and oxygen atoms in total. The molecular formula is C17H22ClN3O3. The average molecular weight is 352 g/mol. The van der Waals surface area contributed by atoms with Gasteiger partial charge in [0.2, 0.25) is 0 Å². The SMILES string of the molecule is Cc1ccc(NC(=O)N2CCN(C(=O)C3CCCO3)CC2)c(Cl)c1. The molecule has 1 unspecified atom stereocenters. The van der Waals surface area contributed by atoms with Gasteiger partial charge < -0.3 is 19.9 Å². The summed E-state index contributed by atoms with van der Waals surface area (Å²) in [5.41, 5.74) is 1.64. The summed E-state index contributed by atoms with van der Waals surface area (Å²) >= 11 is 6.15. The van der Waals surface area contributed by atoms with E-state index < -0.39 is 0 Å². The molecule has 2 heterocycles. The number of benzene rings is 1. The molecule has 7 heteroatoms. The van der Waals surface area contributed by atoms with Crippen molar-refractivity contribution in [3.8, 4) is 0 Å². The third kappa shape index (κ3) is 3.82. The molecule has 130 valence electrons. The van der Waals surface area contributed by atoms with Crippen LogP contribution < -0.4 is 5.32 Å². The number of rotatable bonds is 2. The van der Waals surface area contributed by atoms with Crippen LogP contribution >= 0.6 is 11.6 Å². The molecule has 0 radical (unpaired) electrons. The zero-order valence-electron chi connectivity index (χ0n) is 13.8.